The first-order valence-corrected chi connectivity index (χ1v) is 12.3. The summed E-state index contributed by atoms with van der Waals surface area (Å²) < 4.78 is 0. The zero-order valence-electron chi connectivity index (χ0n) is 19.9. The van der Waals surface area contributed by atoms with E-state index in [9.17, 15) is 4.79 Å². The van der Waals surface area contributed by atoms with E-state index in [4.69, 9.17) is 4.98 Å². The van der Waals surface area contributed by atoms with E-state index in [0.29, 0.717) is 18.7 Å². The number of hydrogen-bond donors (Lipinski definition) is 0. The van der Waals surface area contributed by atoms with Crippen molar-refractivity contribution in [2.45, 2.75) is 65.5 Å². The Labute approximate surface area is 192 Å². The van der Waals surface area contributed by atoms with Gasteiger partial charge in [-0.15, -0.1) is 0 Å². The number of hydrogen-bond acceptors (Lipinski definition) is 5. The second-order valence-corrected chi connectivity index (χ2v) is 9.05. The third-order valence-corrected chi connectivity index (χ3v) is 6.98. The number of aryl methyl sites for hydroxylation is 1. The van der Waals surface area contributed by atoms with Crippen molar-refractivity contribution in [3.05, 3.63) is 53.1 Å². The van der Waals surface area contributed by atoms with Crippen molar-refractivity contribution in [3.8, 4) is 0 Å². The Bertz CT molecular complexity index is 903. The van der Waals surface area contributed by atoms with E-state index in [1.54, 1.807) is 6.20 Å². The van der Waals surface area contributed by atoms with Gasteiger partial charge in [0.25, 0.3) is 5.91 Å². The molecule has 2 saturated heterocycles. The van der Waals surface area contributed by atoms with Crippen LogP contribution in [0.25, 0.3) is 0 Å². The van der Waals surface area contributed by atoms with Gasteiger partial charge in [0.2, 0.25) is 0 Å². The summed E-state index contributed by atoms with van der Waals surface area (Å²) in [4.78, 5) is 29.1. The summed E-state index contributed by atoms with van der Waals surface area (Å²) >= 11 is 0. The van der Waals surface area contributed by atoms with E-state index < -0.39 is 0 Å². The molecule has 1 aromatic heterocycles. The number of nitrogens with zero attached hydrogens (tertiary/aromatic N) is 5. The quantitative estimate of drug-likeness (QED) is 0.636. The highest BCUT2D eigenvalue weighted by Crippen LogP contribution is 2.31. The van der Waals surface area contributed by atoms with Gasteiger partial charge >= 0.3 is 0 Å². The Balaban J connectivity index is 1.48. The molecule has 4 rings (SSSR count). The third kappa shape index (κ3) is 4.96. The van der Waals surface area contributed by atoms with Crippen LogP contribution in [0, 0.1) is 6.92 Å². The standard InChI is InChI=1S/C26H37N5O/c1-4-29(5-2)26(32)23-18-27-25(28-20(23)3)24-10-6-7-17-31(24)19-21-11-13-22(14-12-21)30-15-8-9-16-30/h11-14,18,24H,4-10,15-17,19H2,1-3H3/t24-/m0/s1. The molecule has 1 amide bonds. The number of amides is 1. The van der Waals surface area contributed by atoms with Crippen LogP contribution in [0.3, 0.4) is 0 Å². The van der Waals surface area contributed by atoms with Crippen molar-refractivity contribution in [2.75, 3.05) is 37.6 Å². The smallest absolute Gasteiger partial charge is 0.257 e. The van der Waals surface area contributed by atoms with Gasteiger partial charge in [0, 0.05) is 44.6 Å². The molecule has 1 aromatic carbocycles. The molecular weight excluding hydrogens is 398 g/mol. The fraction of sp³-hybridized carbons (Fsp3) is 0.577. The summed E-state index contributed by atoms with van der Waals surface area (Å²) in [7, 11) is 0. The molecule has 2 aromatic rings. The summed E-state index contributed by atoms with van der Waals surface area (Å²) in [5.41, 5.74) is 4.09. The van der Waals surface area contributed by atoms with E-state index in [1.807, 2.05) is 25.7 Å². The maximum atomic E-state index is 12.8. The predicted octanol–water partition coefficient (Wildman–Crippen LogP) is 4.59. The summed E-state index contributed by atoms with van der Waals surface area (Å²) in [5, 5.41) is 0. The summed E-state index contributed by atoms with van der Waals surface area (Å²) in [6.45, 7) is 11.7. The minimum absolute atomic E-state index is 0.0256. The number of piperidine rings is 1. The van der Waals surface area contributed by atoms with Crippen LogP contribution < -0.4 is 4.90 Å². The van der Waals surface area contributed by atoms with Crippen molar-refractivity contribution >= 4 is 11.6 Å². The third-order valence-electron chi connectivity index (χ3n) is 6.98. The van der Waals surface area contributed by atoms with Crippen molar-refractivity contribution < 1.29 is 4.79 Å². The molecule has 6 heteroatoms. The number of carbonyl (C=O) groups is 1. The molecule has 0 saturated carbocycles. The molecule has 0 aliphatic carbocycles. The molecule has 1 atom stereocenters. The highest BCUT2D eigenvalue weighted by atomic mass is 16.2. The minimum Gasteiger partial charge on any atom is -0.372 e. The fourth-order valence-electron chi connectivity index (χ4n) is 5.03. The summed E-state index contributed by atoms with van der Waals surface area (Å²) in [5.74, 6) is 0.879. The Morgan fingerprint density at radius 1 is 1.03 bits per heavy atom. The van der Waals surface area contributed by atoms with Crippen LogP contribution in [-0.4, -0.2) is 58.4 Å². The van der Waals surface area contributed by atoms with Crippen LogP contribution in [0.4, 0.5) is 5.69 Å². The Morgan fingerprint density at radius 2 is 1.72 bits per heavy atom. The van der Waals surface area contributed by atoms with Crippen molar-refractivity contribution in [3.63, 3.8) is 0 Å². The van der Waals surface area contributed by atoms with Crippen LogP contribution in [0.2, 0.25) is 0 Å². The van der Waals surface area contributed by atoms with Gasteiger partial charge in [-0.25, -0.2) is 9.97 Å². The highest BCUT2D eigenvalue weighted by molar-refractivity contribution is 5.94. The van der Waals surface area contributed by atoms with Crippen LogP contribution >= 0.6 is 0 Å². The average molecular weight is 436 g/mol. The lowest BCUT2D eigenvalue weighted by atomic mass is 10.00. The molecule has 6 nitrogen and oxygen atoms in total. The van der Waals surface area contributed by atoms with E-state index >= 15 is 0 Å². The first kappa shape index (κ1) is 22.7. The highest BCUT2D eigenvalue weighted by Gasteiger charge is 2.27. The molecule has 0 unspecified atom stereocenters. The van der Waals surface area contributed by atoms with Crippen molar-refractivity contribution in [2.24, 2.45) is 0 Å². The zero-order chi connectivity index (χ0) is 22.5. The second kappa shape index (κ2) is 10.4. The second-order valence-electron chi connectivity index (χ2n) is 9.05. The number of anilines is 1. The topological polar surface area (TPSA) is 52.6 Å². The Kier molecular flexibility index (Phi) is 7.40. The van der Waals surface area contributed by atoms with Crippen LogP contribution in [0.5, 0.6) is 0 Å². The van der Waals surface area contributed by atoms with E-state index in [1.165, 1.54) is 50.0 Å². The number of aromatic nitrogens is 2. The molecule has 2 fully saturated rings. The van der Waals surface area contributed by atoms with Gasteiger partial charge in [0.05, 0.1) is 17.3 Å². The first-order chi connectivity index (χ1) is 15.6. The normalized spacial score (nSPS) is 19.3. The van der Waals surface area contributed by atoms with Gasteiger partial charge in [-0.05, 0) is 70.7 Å². The lowest BCUT2D eigenvalue weighted by Crippen LogP contribution is -2.35. The molecule has 172 valence electrons. The number of benzene rings is 1. The van der Waals surface area contributed by atoms with Crippen LogP contribution in [-0.2, 0) is 6.54 Å². The number of carbonyl (C=O) groups excluding carboxylic acids is 1. The van der Waals surface area contributed by atoms with Gasteiger partial charge in [-0.1, -0.05) is 18.6 Å². The Morgan fingerprint density at radius 3 is 2.38 bits per heavy atom. The van der Waals surface area contributed by atoms with E-state index in [0.717, 1.165) is 31.0 Å². The maximum absolute atomic E-state index is 12.8. The molecule has 0 radical (unpaired) electrons. The molecule has 0 N–H and O–H groups in total. The van der Waals surface area contributed by atoms with E-state index in [2.05, 4.69) is 39.0 Å². The molecule has 0 spiro atoms. The van der Waals surface area contributed by atoms with Crippen LogP contribution in [0.15, 0.2) is 30.5 Å². The monoisotopic (exact) mass is 435 g/mol. The van der Waals surface area contributed by atoms with Gasteiger partial charge < -0.3 is 9.80 Å². The summed E-state index contributed by atoms with van der Waals surface area (Å²) in [6, 6.07) is 9.30. The lowest BCUT2D eigenvalue weighted by Gasteiger charge is -2.35. The Hall–Kier alpha value is -2.47. The molecule has 0 bridgehead atoms. The molecule has 3 heterocycles. The van der Waals surface area contributed by atoms with Gasteiger partial charge in [0.15, 0.2) is 0 Å². The molecule has 2 aliphatic heterocycles. The molecule has 32 heavy (non-hydrogen) atoms. The molecular formula is C26H37N5O. The number of likely N-dealkylation sites (tertiary alicyclic amines) is 1. The van der Waals surface area contributed by atoms with Gasteiger partial charge in [-0.2, -0.15) is 0 Å². The van der Waals surface area contributed by atoms with Crippen LogP contribution in [0.1, 0.15) is 79.4 Å². The zero-order valence-corrected chi connectivity index (χ0v) is 19.9. The SMILES string of the molecule is CCN(CC)C(=O)c1cnc([C@@H]2CCCCN2Cc2ccc(N3CCCC3)cc2)nc1C. The van der Waals surface area contributed by atoms with E-state index in [-0.39, 0.29) is 11.9 Å². The largest absolute Gasteiger partial charge is 0.372 e. The van der Waals surface area contributed by atoms with Crippen molar-refractivity contribution in [1.29, 1.82) is 0 Å². The first-order valence-electron chi connectivity index (χ1n) is 12.3. The fourth-order valence-corrected chi connectivity index (χ4v) is 5.03. The van der Waals surface area contributed by atoms with Gasteiger partial charge in [0.1, 0.15) is 5.82 Å². The minimum atomic E-state index is 0.0256. The average Bonchev–Trinajstić information content (AvgIpc) is 3.36. The summed E-state index contributed by atoms with van der Waals surface area (Å²) in [6.07, 6.45) is 7.81. The predicted molar refractivity (Wildman–Crippen MR) is 129 cm³/mol. The van der Waals surface area contributed by atoms with Gasteiger partial charge in [-0.3, -0.25) is 9.69 Å². The molecule has 2 aliphatic rings. The lowest BCUT2D eigenvalue weighted by molar-refractivity contribution is 0.0770. The maximum Gasteiger partial charge on any atom is 0.257 e. The number of rotatable bonds is 7. The van der Waals surface area contributed by atoms with Crippen molar-refractivity contribution in [1.82, 2.24) is 19.8 Å².